The second-order valence-electron chi connectivity index (χ2n) is 4.64. The van der Waals surface area contributed by atoms with Crippen molar-refractivity contribution in [1.29, 1.82) is 0 Å². The first-order valence-electron chi connectivity index (χ1n) is 6.05. The van der Waals surface area contributed by atoms with Crippen LogP contribution in [-0.4, -0.2) is 4.98 Å². The van der Waals surface area contributed by atoms with Crippen LogP contribution in [0.1, 0.15) is 16.8 Å². The van der Waals surface area contributed by atoms with Crippen LogP contribution in [-0.2, 0) is 19.0 Å². The van der Waals surface area contributed by atoms with E-state index in [1.165, 1.54) is 0 Å². The summed E-state index contributed by atoms with van der Waals surface area (Å²) in [5.41, 5.74) is 2.03. The maximum Gasteiger partial charge on any atom is 0.417 e. The van der Waals surface area contributed by atoms with Crippen LogP contribution in [0.15, 0.2) is 30.5 Å². The van der Waals surface area contributed by atoms with Gasteiger partial charge >= 0.3 is 6.18 Å². The quantitative estimate of drug-likeness (QED) is 0.769. The highest BCUT2D eigenvalue weighted by Crippen LogP contribution is 2.35. The molecule has 3 rings (SSSR count). The lowest BCUT2D eigenvalue weighted by Gasteiger charge is -2.12. The Bertz CT molecular complexity index is 668. The highest BCUT2D eigenvalue weighted by Gasteiger charge is 2.32. The van der Waals surface area contributed by atoms with Crippen LogP contribution >= 0.6 is 11.6 Å². The Morgan fingerprint density at radius 2 is 1.90 bits per heavy atom. The molecule has 0 radical (unpaired) electrons. The summed E-state index contributed by atoms with van der Waals surface area (Å²) in [7, 11) is 0. The Labute approximate surface area is 118 Å². The van der Waals surface area contributed by atoms with Crippen molar-refractivity contribution in [3.05, 3.63) is 52.3 Å². The summed E-state index contributed by atoms with van der Waals surface area (Å²) in [6.07, 6.45) is -2.25. The van der Waals surface area contributed by atoms with Gasteiger partial charge in [0, 0.05) is 16.9 Å². The molecule has 104 valence electrons. The van der Waals surface area contributed by atoms with Crippen LogP contribution in [0.4, 0.5) is 24.5 Å². The maximum atomic E-state index is 12.7. The second-order valence-corrected chi connectivity index (χ2v) is 5.08. The molecule has 1 aromatic carbocycles. The molecule has 1 N–H and O–H groups in total. The molecule has 20 heavy (non-hydrogen) atoms. The van der Waals surface area contributed by atoms with Gasteiger partial charge in [-0.25, -0.2) is 0 Å². The number of nitrogens with zero attached hydrogens (tertiary/aromatic N) is 1. The maximum absolute atomic E-state index is 12.7. The summed E-state index contributed by atoms with van der Waals surface area (Å²) in [4.78, 5) is 3.94. The molecule has 6 heteroatoms. The molecule has 0 atom stereocenters. The Balaban J connectivity index is 2.04. The lowest BCUT2D eigenvalue weighted by molar-refractivity contribution is -0.137. The lowest BCUT2D eigenvalue weighted by Crippen LogP contribution is -2.08. The molecule has 2 heterocycles. The molecule has 0 fully saturated rings. The van der Waals surface area contributed by atoms with Crippen molar-refractivity contribution in [2.45, 2.75) is 19.0 Å². The topological polar surface area (TPSA) is 24.9 Å². The summed E-state index contributed by atoms with van der Waals surface area (Å²) in [6, 6.07) is 6.40. The van der Waals surface area contributed by atoms with Crippen LogP contribution in [0.2, 0.25) is 5.02 Å². The number of nitrogens with one attached hydrogen (secondary N) is 1. The van der Waals surface area contributed by atoms with E-state index in [0.29, 0.717) is 29.2 Å². The molecule has 1 aromatic heterocycles. The fraction of sp³-hybridized carbons (Fsp3) is 0.214. The number of pyridine rings is 1. The normalized spacial score (nSPS) is 14.0. The number of anilines is 2. The summed E-state index contributed by atoms with van der Waals surface area (Å²) < 4.78 is 38.2. The largest absolute Gasteiger partial charge is 0.417 e. The molecule has 0 bridgehead atoms. The van der Waals surface area contributed by atoms with E-state index in [1.807, 2.05) is 6.07 Å². The lowest BCUT2D eigenvalue weighted by atomic mass is 10.1. The van der Waals surface area contributed by atoms with Crippen LogP contribution in [0, 0.1) is 0 Å². The standard InChI is InChI=1S/C14H10ClF3N2/c15-10-2-4-11-8(5-10)1-3-12-13(20-11)6-9(7-19-12)14(16,17)18/h2,4-7,20H,1,3H2. The molecule has 0 amide bonds. The summed E-state index contributed by atoms with van der Waals surface area (Å²) in [5.74, 6) is 0. The molecule has 2 aromatic rings. The highest BCUT2D eigenvalue weighted by atomic mass is 35.5. The van der Waals surface area contributed by atoms with Crippen molar-refractivity contribution < 1.29 is 13.2 Å². The Kier molecular flexibility index (Phi) is 3.09. The smallest absolute Gasteiger partial charge is 0.354 e. The molecule has 0 spiro atoms. The number of aromatic nitrogens is 1. The van der Waals surface area contributed by atoms with Crippen molar-refractivity contribution in [1.82, 2.24) is 4.98 Å². The number of fused-ring (bicyclic) bond motifs is 2. The van der Waals surface area contributed by atoms with E-state index in [1.54, 1.807) is 12.1 Å². The number of aryl methyl sites for hydroxylation is 2. The predicted molar refractivity (Wildman–Crippen MR) is 71.4 cm³/mol. The van der Waals surface area contributed by atoms with E-state index in [0.717, 1.165) is 23.5 Å². The number of benzene rings is 1. The van der Waals surface area contributed by atoms with Gasteiger partial charge in [0.25, 0.3) is 0 Å². The first-order valence-corrected chi connectivity index (χ1v) is 6.43. The molecule has 0 saturated heterocycles. The van der Waals surface area contributed by atoms with Gasteiger partial charge in [-0.3, -0.25) is 4.98 Å². The first kappa shape index (κ1) is 13.2. The minimum atomic E-state index is -4.39. The molecule has 1 aliphatic rings. The van der Waals surface area contributed by atoms with E-state index < -0.39 is 11.7 Å². The SMILES string of the molecule is FC(F)(F)c1cnc2c(c1)Nc1ccc(Cl)cc1CC2. The van der Waals surface area contributed by atoms with Gasteiger partial charge in [0.05, 0.1) is 16.9 Å². The number of alkyl halides is 3. The first-order chi connectivity index (χ1) is 9.43. The van der Waals surface area contributed by atoms with Gasteiger partial charge < -0.3 is 5.32 Å². The minimum Gasteiger partial charge on any atom is -0.354 e. The average molecular weight is 299 g/mol. The zero-order chi connectivity index (χ0) is 14.3. The third kappa shape index (κ3) is 2.45. The van der Waals surface area contributed by atoms with Crippen molar-refractivity contribution in [2.24, 2.45) is 0 Å². The van der Waals surface area contributed by atoms with Gasteiger partial charge in [-0.15, -0.1) is 0 Å². The third-order valence-corrected chi connectivity index (χ3v) is 3.50. The van der Waals surface area contributed by atoms with Gasteiger partial charge in [-0.2, -0.15) is 13.2 Å². The van der Waals surface area contributed by atoms with E-state index in [-0.39, 0.29) is 0 Å². The van der Waals surface area contributed by atoms with Gasteiger partial charge in [0.1, 0.15) is 0 Å². The molecule has 1 aliphatic heterocycles. The molecular weight excluding hydrogens is 289 g/mol. The Morgan fingerprint density at radius 3 is 2.65 bits per heavy atom. The number of rotatable bonds is 0. The van der Waals surface area contributed by atoms with Crippen molar-refractivity contribution in [2.75, 3.05) is 5.32 Å². The van der Waals surface area contributed by atoms with E-state index >= 15 is 0 Å². The van der Waals surface area contributed by atoms with Gasteiger partial charge in [-0.05, 0) is 42.7 Å². The second kappa shape index (κ2) is 4.66. The molecule has 0 saturated carbocycles. The van der Waals surface area contributed by atoms with Crippen molar-refractivity contribution in [3.8, 4) is 0 Å². The fourth-order valence-corrected chi connectivity index (χ4v) is 2.44. The average Bonchev–Trinajstić information content (AvgIpc) is 2.55. The third-order valence-electron chi connectivity index (χ3n) is 3.27. The molecule has 0 aliphatic carbocycles. The highest BCUT2D eigenvalue weighted by molar-refractivity contribution is 6.30. The Morgan fingerprint density at radius 1 is 1.10 bits per heavy atom. The van der Waals surface area contributed by atoms with Gasteiger partial charge in [-0.1, -0.05) is 11.6 Å². The zero-order valence-electron chi connectivity index (χ0n) is 10.3. The summed E-state index contributed by atoms with van der Waals surface area (Å²) in [6.45, 7) is 0. The molecule has 2 nitrogen and oxygen atoms in total. The van der Waals surface area contributed by atoms with E-state index in [2.05, 4.69) is 10.3 Å². The van der Waals surface area contributed by atoms with Gasteiger partial charge in [0.2, 0.25) is 0 Å². The van der Waals surface area contributed by atoms with Gasteiger partial charge in [0.15, 0.2) is 0 Å². The predicted octanol–water partition coefficient (Wildman–Crippen LogP) is 4.60. The van der Waals surface area contributed by atoms with Crippen LogP contribution in [0.3, 0.4) is 0 Å². The minimum absolute atomic E-state index is 0.404. The zero-order valence-corrected chi connectivity index (χ0v) is 11.0. The van der Waals surface area contributed by atoms with Crippen LogP contribution in [0.5, 0.6) is 0 Å². The van der Waals surface area contributed by atoms with Crippen LogP contribution < -0.4 is 5.32 Å². The van der Waals surface area contributed by atoms with E-state index in [9.17, 15) is 13.2 Å². The van der Waals surface area contributed by atoms with E-state index in [4.69, 9.17) is 11.6 Å². The molecule has 0 unspecified atom stereocenters. The number of hydrogen-bond donors (Lipinski definition) is 1. The monoisotopic (exact) mass is 298 g/mol. The Hall–Kier alpha value is -1.75. The number of hydrogen-bond acceptors (Lipinski definition) is 2. The fourth-order valence-electron chi connectivity index (χ4n) is 2.24. The number of halogens is 4. The summed E-state index contributed by atoms with van der Waals surface area (Å²) in [5, 5.41) is 3.63. The van der Waals surface area contributed by atoms with Crippen LogP contribution in [0.25, 0.3) is 0 Å². The molecular formula is C14H10ClF3N2. The van der Waals surface area contributed by atoms with Crippen molar-refractivity contribution in [3.63, 3.8) is 0 Å². The summed E-state index contributed by atoms with van der Waals surface area (Å²) >= 11 is 5.93. The van der Waals surface area contributed by atoms with Crippen molar-refractivity contribution >= 4 is 23.0 Å².